The maximum absolute atomic E-state index is 12.1. The molecule has 0 saturated carbocycles. The lowest BCUT2D eigenvalue weighted by molar-refractivity contribution is 0.299. The van der Waals surface area contributed by atoms with E-state index in [1.54, 1.807) is 24.3 Å². The van der Waals surface area contributed by atoms with Gasteiger partial charge in [-0.3, -0.25) is 14.3 Å². The van der Waals surface area contributed by atoms with Gasteiger partial charge in [0, 0.05) is 5.02 Å². The zero-order valence-electron chi connectivity index (χ0n) is 12.8. The number of rotatable bonds is 4. The summed E-state index contributed by atoms with van der Waals surface area (Å²) in [6.07, 6.45) is 0. The average molecular weight is 403 g/mol. The molecule has 0 atom stereocenters. The van der Waals surface area contributed by atoms with Gasteiger partial charge in [0.25, 0.3) is 5.56 Å². The molecule has 0 fully saturated rings. The lowest BCUT2D eigenvalue weighted by Gasteiger charge is -2.12. The van der Waals surface area contributed by atoms with E-state index in [1.165, 1.54) is 16.7 Å². The number of nitrogens with one attached hydrogen (secondary N) is 1. The number of halogens is 3. The van der Waals surface area contributed by atoms with Crippen LogP contribution in [0.3, 0.4) is 0 Å². The number of anilines is 1. The Morgan fingerprint density at radius 2 is 1.88 bits per heavy atom. The van der Waals surface area contributed by atoms with Crippen LogP contribution in [0.2, 0.25) is 10.0 Å². The van der Waals surface area contributed by atoms with E-state index >= 15 is 0 Å². The fourth-order valence-electron chi connectivity index (χ4n) is 2.42. The second kappa shape index (κ2) is 7.82. The number of ether oxygens (including phenoxy) is 1. The van der Waals surface area contributed by atoms with Gasteiger partial charge in [-0.1, -0.05) is 35.3 Å². The fourth-order valence-corrected chi connectivity index (χ4v) is 2.98. The summed E-state index contributed by atoms with van der Waals surface area (Å²) in [5, 5.41) is 0.722. The monoisotopic (exact) mass is 401 g/mol. The Labute approximate surface area is 158 Å². The van der Waals surface area contributed by atoms with Crippen LogP contribution in [0.15, 0.2) is 46.0 Å². The van der Waals surface area contributed by atoms with Crippen molar-refractivity contribution >= 4 is 52.2 Å². The maximum atomic E-state index is 12.1. The number of aromatic amines is 1. The number of nitrogens with two attached hydrogens (primary N) is 1. The molecular weight excluding hydrogens is 389 g/mol. The highest BCUT2D eigenvalue weighted by Crippen LogP contribution is 2.24. The summed E-state index contributed by atoms with van der Waals surface area (Å²) < 4.78 is 6.95. The van der Waals surface area contributed by atoms with Gasteiger partial charge in [0.2, 0.25) is 0 Å². The van der Waals surface area contributed by atoms with E-state index in [-0.39, 0.29) is 36.0 Å². The Hall–Kier alpha value is -2.15. The minimum absolute atomic E-state index is 0. The molecule has 3 aromatic rings. The number of benzene rings is 2. The van der Waals surface area contributed by atoms with Crippen LogP contribution in [0.1, 0.15) is 0 Å². The predicted molar refractivity (Wildman–Crippen MR) is 102 cm³/mol. The fraction of sp³-hybridized carbons (Fsp3) is 0.125. The number of hydrogen-bond donors (Lipinski definition) is 2. The van der Waals surface area contributed by atoms with Crippen molar-refractivity contribution in [3.63, 3.8) is 0 Å². The number of nitrogens with zero attached hydrogens (tertiary/aromatic N) is 1. The van der Waals surface area contributed by atoms with E-state index in [4.69, 9.17) is 33.7 Å². The van der Waals surface area contributed by atoms with Crippen molar-refractivity contribution in [2.24, 2.45) is 0 Å². The first-order chi connectivity index (χ1) is 11.5. The van der Waals surface area contributed by atoms with E-state index in [0.29, 0.717) is 22.0 Å². The van der Waals surface area contributed by atoms with Crippen LogP contribution in [-0.2, 0) is 6.54 Å². The first-order valence-corrected chi connectivity index (χ1v) is 7.82. The van der Waals surface area contributed by atoms with Crippen LogP contribution in [0, 0.1) is 0 Å². The highest BCUT2D eigenvalue weighted by Gasteiger charge is 2.12. The third-order valence-corrected chi connectivity index (χ3v) is 4.03. The molecule has 1 aromatic heterocycles. The molecule has 0 saturated heterocycles. The molecule has 0 radical (unpaired) electrons. The Kier molecular flexibility index (Phi) is 6.00. The average Bonchev–Trinajstić information content (AvgIpc) is 2.51. The SMILES string of the molecule is Cl.Nc1ccccc1OCCn1c(=O)[nH]c(=O)c2c(Cl)cc(Cl)cc21. The van der Waals surface area contributed by atoms with E-state index in [2.05, 4.69) is 4.98 Å². The molecule has 0 bridgehead atoms. The molecule has 0 aliphatic rings. The number of H-pyrrole nitrogens is 1. The van der Waals surface area contributed by atoms with Crippen molar-refractivity contribution in [3.8, 4) is 5.75 Å². The summed E-state index contributed by atoms with van der Waals surface area (Å²) in [6.45, 7) is 0.372. The Bertz CT molecular complexity index is 1030. The normalized spacial score (nSPS) is 10.5. The predicted octanol–water partition coefficient (Wildman–Crippen LogP) is 3.08. The number of fused-ring (bicyclic) bond motifs is 1. The van der Waals surface area contributed by atoms with E-state index in [0.717, 1.165) is 0 Å². The van der Waals surface area contributed by atoms with Gasteiger partial charge in [0.1, 0.15) is 12.4 Å². The molecule has 25 heavy (non-hydrogen) atoms. The summed E-state index contributed by atoms with van der Waals surface area (Å²) in [6, 6.07) is 10.0. The molecule has 3 rings (SSSR count). The Morgan fingerprint density at radius 3 is 2.60 bits per heavy atom. The largest absolute Gasteiger partial charge is 0.490 e. The van der Waals surface area contributed by atoms with E-state index in [9.17, 15) is 9.59 Å². The van der Waals surface area contributed by atoms with Crippen molar-refractivity contribution in [2.45, 2.75) is 6.54 Å². The summed E-state index contributed by atoms with van der Waals surface area (Å²) in [4.78, 5) is 26.4. The minimum atomic E-state index is -0.560. The van der Waals surface area contributed by atoms with Gasteiger partial charge >= 0.3 is 5.69 Å². The summed E-state index contributed by atoms with van der Waals surface area (Å²) in [7, 11) is 0. The maximum Gasteiger partial charge on any atom is 0.328 e. The zero-order valence-corrected chi connectivity index (χ0v) is 15.1. The molecular formula is C16H14Cl3N3O3. The number of aromatic nitrogens is 2. The third-order valence-electron chi connectivity index (χ3n) is 3.51. The van der Waals surface area contributed by atoms with Gasteiger partial charge in [-0.2, -0.15) is 0 Å². The van der Waals surface area contributed by atoms with Crippen LogP contribution < -0.4 is 21.7 Å². The molecule has 0 aliphatic carbocycles. The highest BCUT2D eigenvalue weighted by molar-refractivity contribution is 6.38. The molecule has 0 aliphatic heterocycles. The van der Waals surface area contributed by atoms with Crippen molar-refractivity contribution in [1.82, 2.24) is 9.55 Å². The van der Waals surface area contributed by atoms with E-state index < -0.39 is 11.2 Å². The van der Waals surface area contributed by atoms with Crippen LogP contribution in [-0.4, -0.2) is 16.2 Å². The lowest BCUT2D eigenvalue weighted by atomic mass is 10.2. The topological polar surface area (TPSA) is 90.1 Å². The van der Waals surface area contributed by atoms with Gasteiger partial charge in [-0.05, 0) is 24.3 Å². The number of para-hydroxylation sites is 2. The Balaban J connectivity index is 0.00000225. The molecule has 0 amide bonds. The molecule has 0 spiro atoms. The quantitative estimate of drug-likeness (QED) is 0.656. The molecule has 9 heteroatoms. The van der Waals surface area contributed by atoms with Crippen LogP contribution in [0.4, 0.5) is 5.69 Å². The van der Waals surface area contributed by atoms with E-state index in [1.807, 2.05) is 0 Å². The Morgan fingerprint density at radius 1 is 1.16 bits per heavy atom. The van der Waals surface area contributed by atoms with Gasteiger partial charge in [-0.25, -0.2) is 4.79 Å². The first-order valence-electron chi connectivity index (χ1n) is 7.06. The summed E-state index contributed by atoms with van der Waals surface area (Å²) >= 11 is 12.1. The highest BCUT2D eigenvalue weighted by atomic mass is 35.5. The standard InChI is InChI=1S/C16H13Cl2N3O3.ClH/c17-9-7-10(18)14-12(8-9)21(16(23)20-15(14)22)5-6-24-13-4-2-1-3-11(13)19;/h1-4,7-8H,5-6,19H2,(H,20,22,23);1H. The summed E-state index contributed by atoms with van der Waals surface area (Å²) in [5.74, 6) is 0.523. The molecule has 132 valence electrons. The van der Waals surface area contributed by atoms with Crippen LogP contribution in [0.25, 0.3) is 10.9 Å². The van der Waals surface area contributed by atoms with Gasteiger partial charge in [-0.15, -0.1) is 12.4 Å². The number of nitrogen functional groups attached to an aromatic ring is 1. The van der Waals surface area contributed by atoms with Crippen molar-refractivity contribution in [1.29, 1.82) is 0 Å². The second-order valence-corrected chi connectivity index (χ2v) is 5.92. The summed E-state index contributed by atoms with van der Waals surface area (Å²) in [5.41, 5.74) is 5.54. The third kappa shape index (κ3) is 3.92. The number of hydrogen-bond acceptors (Lipinski definition) is 4. The lowest BCUT2D eigenvalue weighted by Crippen LogP contribution is -2.32. The second-order valence-electron chi connectivity index (χ2n) is 5.08. The zero-order chi connectivity index (χ0) is 17.3. The van der Waals surface area contributed by atoms with Gasteiger partial charge in [0.15, 0.2) is 0 Å². The molecule has 0 unspecified atom stereocenters. The first kappa shape index (κ1) is 19.2. The van der Waals surface area contributed by atoms with Gasteiger partial charge < -0.3 is 10.5 Å². The van der Waals surface area contributed by atoms with Gasteiger partial charge in [0.05, 0.1) is 28.2 Å². The molecule has 3 N–H and O–H groups in total. The smallest absolute Gasteiger partial charge is 0.328 e. The van der Waals surface area contributed by atoms with Crippen LogP contribution >= 0.6 is 35.6 Å². The van der Waals surface area contributed by atoms with Crippen molar-refractivity contribution < 1.29 is 4.74 Å². The molecule has 1 heterocycles. The van der Waals surface area contributed by atoms with Crippen molar-refractivity contribution in [2.75, 3.05) is 12.3 Å². The van der Waals surface area contributed by atoms with Crippen LogP contribution in [0.5, 0.6) is 5.75 Å². The molecule has 6 nitrogen and oxygen atoms in total. The molecule has 2 aromatic carbocycles. The van der Waals surface area contributed by atoms with Crippen molar-refractivity contribution in [3.05, 3.63) is 67.3 Å². The minimum Gasteiger partial charge on any atom is -0.490 e.